The maximum absolute atomic E-state index is 2.60. The van der Waals surface area contributed by atoms with Gasteiger partial charge in [-0.15, -0.1) is 0 Å². The van der Waals surface area contributed by atoms with E-state index in [1.54, 1.807) is 10.0 Å². The quantitative estimate of drug-likeness (QED) is 0.511. The molecule has 1 heterocycles. The second kappa shape index (κ2) is 8.54. The van der Waals surface area contributed by atoms with Gasteiger partial charge in [-0.3, -0.25) is 0 Å². The van der Waals surface area contributed by atoms with E-state index in [9.17, 15) is 0 Å². The summed E-state index contributed by atoms with van der Waals surface area (Å²) in [7, 11) is 0. The molecule has 0 aliphatic heterocycles. The van der Waals surface area contributed by atoms with Gasteiger partial charge >= 0.3 is 149 Å². The second-order valence-corrected chi connectivity index (χ2v) is 9.88. The maximum atomic E-state index is 2.60. The van der Waals surface area contributed by atoms with E-state index < -0.39 is 0 Å². The first-order chi connectivity index (χ1) is 11.3. The van der Waals surface area contributed by atoms with E-state index >= 15 is 0 Å². The SMILES string of the molecule is C/C=C/c1ccc(C2=CCC(C3CCC(CCC)CC3)CC2)[se]1. The Morgan fingerprint density at radius 2 is 1.91 bits per heavy atom. The third-order valence-corrected chi connectivity index (χ3v) is 8.34. The molecule has 1 saturated carbocycles. The molecule has 1 aromatic rings. The third-order valence-electron chi connectivity index (χ3n) is 5.98. The molecule has 0 aromatic carbocycles. The van der Waals surface area contributed by atoms with Crippen molar-refractivity contribution in [3.63, 3.8) is 0 Å². The van der Waals surface area contributed by atoms with Gasteiger partial charge in [-0.2, -0.15) is 0 Å². The summed E-state index contributed by atoms with van der Waals surface area (Å²) in [4.78, 5) is 0. The Balaban J connectivity index is 1.54. The van der Waals surface area contributed by atoms with Crippen LogP contribution in [0.1, 0.15) is 80.5 Å². The number of hydrogen-bond donors (Lipinski definition) is 0. The van der Waals surface area contributed by atoms with Gasteiger partial charge < -0.3 is 0 Å². The Bertz CT molecular complexity index is 540. The molecule has 23 heavy (non-hydrogen) atoms. The zero-order valence-electron chi connectivity index (χ0n) is 14.9. The van der Waals surface area contributed by atoms with Crippen LogP contribution >= 0.6 is 0 Å². The van der Waals surface area contributed by atoms with Crippen LogP contribution in [0.4, 0.5) is 0 Å². The fraction of sp³-hybridized carbons (Fsp3) is 0.636. The van der Waals surface area contributed by atoms with Crippen LogP contribution in [0, 0.1) is 17.8 Å². The Kier molecular flexibility index (Phi) is 6.43. The van der Waals surface area contributed by atoms with Gasteiger partial charge in [0.25, 0.3) is 0 Å². The molecule has 2 aliphatic carbocycles. The summed E-state index contributed by atoms with van der Waals surface area (Å²) >= 11 is 0.559. The van der Waals surface area contributed by atoms with Crippen LogP contribution in [0.15, 0.2) is 24.3 Å². The van der Waals surface area contributed by atoms with Crippen LogP contribution in [-0.4, -0.2) is 14.5 Å². The van der Waals surface area contributed by atoms with Crippen LogP contribution < -0.4 is 0 Å². The molecule has 126 valence electrons. The number of allylic oxidation sites excluding steroid dienone is 3. The minimum atomic E-state index is 0.559. The van der Waals surface area contributed by atoms with Gasteiger partial charge in [-0.05, 0) is 0 Å². The first kappa shape index (κ1) is 17.3. The Hall–Kier alpha value is -0.521. The molecule has 2 aliphatic rings. The van der Waals surface area contributed by atoms with Crippen molar-refractivity contribution in [2.45, 2.75) is 71.6 Å². The fourth-order valence-electron chi connectivity index (χ4n) is 4.64. The average Bonchev–Trinajstić information content (AvgIpc) is 3.05. The Morgan fingerprint density at radius 3 is 2.57 bits per heavy atom. The summed E-state index contributed by atoms with van der Waals surface area (Å²) in [5, 5.41) is 0. The van der Waals surface area contributed by atoms with Crippen molar-refractivity contribution in [3.05, 3.63) is 33.2 Å². The average molecular weight is 375 g/mol. The first-order valence-corrected chi connectivity index (χ1v) is 11.4. The van der Waals surface area contributed by atoms with Gasteiger partial charge in [0.05, 0.1) is 0 Å². The van der Waals surface area contributed by atoms with Crippen molar-refractivity contribution in [2.75, 3.05) is 0 Å². The van der Waals surface area contributed by atoms with Crippen molar-refractivity contribution in [2.24, 2.45) is 17.8 Å². The number of rotatable bonds is 5. The molecule has 0 N–H and O–H groups in total. The van der Waals surface area contributed by atoms with Crippen LogP contribution in [0.25, 0.3) is 11.6 Å². The topological polar surface area (TPSA) is 0 Å². The van der Waals surface area contributed by atoms with Crippen molar-refractivity contribution >= 4 is 26.2 Å². The monoisotopic (exact) mass is 376 g/mol. The number of hydrogen-bond acceptors (Lipinski definition) is 0. The normalized spacial score (nSPS) is 29.0. The van der Waals surface area contributed by atoms with Gasteiger partial charge in [0.1, 0.15) is 0 Å². The van der Waals surface area contributed by atoms with Crippen molar-refractivity contribution < 1.29 is 0 Å². The van der Waals surface area contributed by atoms with Crippen molar-refractivity contribution in [1.29, 1.82) is 0 Å². The molecule has 1 fully saturated rings. The molecule has 1 aromatic heterocycles. The molecule has 0 radical (unpaired) electrons. The molecule has 0 bridgehead atoms. The summed E-state index contributed by atoms with van der Waals surface area (Å²) in [6, 6.07) is 4.72. The van der Waals surface area contributed by atoms with E-state index in [0.717, 1.165) is 17.8 Å². The summed E-state index contributed by atoms with van der Waals surface area (Å²) in [6.45, 7) is 4.46. The van der Waals surface area contributed by atoms with E-state index in [-0.39, 0.29) is 0 Å². The van der Waals surface area contributed by atoms with E-state index in [4.69, 9.17) is 0 Å². The minimum absolute atomic E-state index is 0.559. The zero-order valence-corrected chi connectivity index (χ0v) is 16.6. The zero-order chi connectivity index (χ0) is 16.1. The molecule has 1 heteroatoms. The van der Waals surface area contributed by atoms with E-state index in [2.05, 4.69) is 44.2 Å². The van der Waals surface area contributed by atoms with Crippen molar-refractivity contribution in [3.8, 4) is 0 Å². The van der Waals surface area contributed by atoms with Gasteiger partial charge in [0, 0.05) is 0 Å². The van der Waals surface area contributed by atoms with Crippen LogP contribution in [0.5, 0.6) is 0 Å². The van der Waals surface area contributed by atoms with Crippen LogP contribution in [0.3, 0.4) is 0 Å². The van der Waals surface area contributed by atoms with Crippen LogP contribution in [0.2, 0.25) is 0 Å². The van der Waals surface area contributed by atoms with Gasteiger partial charge in [-0.25, -0.2) is 0 Å². The first-order valence-electron chi connectivity index (χ1n) is 9.72. The second-order valence-electron chi connectivity index (χ2n) is 7.54. The molecular formula is C22H32Se. The summed E-state index contributed by atoms with van der Waals surface area (Å²) in [5.41, 5.74) is 1.68. The molecule has 0 saturated heterocycles. The molecule has 0 amide bonds. The predicted molar refractivity (Wildman–Crippen MR) is 104 cm³/mol. The Labute approximate surface area is 148 Å². The van der Waals surface area contributed by atoms with E-state index in [1.807, 2.05) is 0 Å². The third kappa shape index (κ3) is 4.52. The van der Waals surface area contributed by atoms with Gasteiger partial charge in [-0.1, -0.05) is 0 Å². The molecular weight excluding hydrogens is 343 g/mol. The summed E-state index contributed by atoms with van der Waals surface area (Å²) < 4.78 is 3.18. The molecule has 1 unspecified atom stereocenters. The van der Waals surface area contributed by atoms with E-state index in [1.165, 1.54) is 62.2 Å². The molecule has 3 rings (SSSR count). The van der Waals surface area contributed by atoms with E-state index in [0.29, 0.717) is 14.5 Å². The standard InChI is InChI=1S/C22H32Se/c1-3-5-17-7-9-18(10-8-17)19-11-13-20(14-12-19)22-16-15-21(23-22)6-4-2/h4,6,13,15-19H,3,5,7-12,14H2,1-2H3/b6-4+. The Morgan fingerprint density at radius 1 is 1.09 bits per heavy atom. The molecule has 0 spiro atoms. The fourth-order valence-corrected chi connectivity index (χ4v) is 6.84. The summed E-state index contributed by atoms with van der Waals surface area (Å²) in [5.74, 6) is 3.06. The molecule has 1 atom stereocenters. The predicted octanol–water partition coefficient (Wildman–Crippen LogP) is 6.57. The van der Waals surface area contributed by atoms with Crippen LogP contribution in [-0.2, 0) is 0 Å². The van der Waals surface area contributed by atoms with Gasteiger partial charge in [0.15, 0.2) is 0 Å². The molecule has 0 nitrogen and oxygen atoms in total. The van der Waals surface area contributed by atoms with Crippen molar-refractivity contribution in [1.82, 2.24) is 0 Å². The van der Waals surface area contributed by atoms with Gasteiger partial charge in [0.2, 0.25) is 0 Å². The summed E-state index contributed by atoms with van der Waals surface area (Å²) in [6.07, 6.45) is 20.1.